The molecule has 0 bridgehead atoms. The highest BCUT2D eigenvalue weighted by atomic mass is 79.9. The Morgan fingerprint density at radius 1 is 1.40 bits per heavy atom. The molecule has 1 aromatic carbocycles. The SMILES string of the molecule is COC(=O)CNc1ccc(-n2ccc3oc(Br)cc3c2=O)cc1C=N. The molecular weight excluding hydrogens is 390 g/mol. The first-order valence-corrected chi connectivity index (χ1v) is 8.09. The highest BCUT2D eigenvalue weighted by Gasteiger charge is 2.11. The Morgan fingerprint density at radius 2 is 2.20 bits per heavy atom. The van der Waals surface area contributed by atoms with Gasteiger partial charge in [0.2, 0.25) is 0 Å². The lowest BCUT2D eigenvalue weighted by atomic mass is 10.1. The summed E-state index contributed by atoms with van der Waals surface area (Å²) in [5.74, 6) is -0.410. The number of furan rings is 1. The molecule has 3 aromatic rings. The molecule has 0 fully saturated rings. The second-order valence-corrected chi connectivity index (χ2v) is 5.95. The molecule has 0 amide bonds. The number of nitrogens with zero attached hydrogens (tertiary/aromatic N) is 1. The predicted octanol–water partition coefficient (Wildman–Crippen LogP) is 2.93. The number of nitrogens with one attached hydrogen (secondary N) is 2. The van der Waals surface area contributed by atoms with E-state index < -0.39 is 5.97 Å². The van der Waals surface area contributed by atoms with Gasteiger partial charge in [-0.3, -0.25) is 14.2 Å². The van der Waals surface area contributed by atoms with Gasteiger partial charge in [-0.2, -0.15) is 0 Å². The van der Waals surface area contributed by atoms with Crippen molar-refractivity contribution < 1.29 is 13.9 Å². The molecule has 2 heterocycles. The third kappa shape index (κ3) is 3.34. The molecule has 2 aromatic heterocycles. The molecule has 128 valence electrons. The summed E-state index contributed by atoms with van der Waals surface area (Å²) >= 11 is 3.22. The normalized spacial score (nSPS) is 10.6. The molecular formula is C17H14BrN3O4. The summed E-state index contributed by atoms with van der Waals surface area (Å²) in [7, 11) is 1.31. The monoisotopic (exact) mass is 403 g/mol. The quantitative estimate of drug-likeness (QED) is 0.504. The second-order valence-electron chi connectivity index (χ2n) is 5.16. The van der Waals surface area contributed by atoms with Gasteiger partial charge in [0.05, 0.1) is 12.5 Å². The zero-order chi connectivity index (χ0) is 18.0. The lowest BCUT2D eigenvalue weighted by molar-refractivity contribution is -0.138. The van der Waals surface area contributed by atoms with Crippen LogP contribution in [-0.2, 0) is 9.53 Å². The maximum Gasteiger partial charge on any atom is 0.325 e. The van der Waals surface area contributed by atoms with Gasteiger partial charge in [0.15, 0.2) is 4.67 Å². The molecule has 3 rings (SSSR count). The van der Waals surface area contributed by atoms with E-state index in [9.17, 15) is 9.59 Å². The molecule has 0 unspecified atom stereocenters. The van der Waals surface area contributed by atoms with Crippen molar-refractivity contribution in [2.75, 3.05) is 19.0 Å². The smallest absolute Gasteiger partial charge is 0.325 e. The highest BCUT2D eigenvalue weighted by Crippen LogP contribution is 2.22. The number of halogens is 1. The Labute approximate surface area is 150 Å². The molecule has 2 N–H and O–H groups in total. The molecule has 0 radical (unpaired) electrons. The Hall–Kier alpha value is -2.87. The van der Waals surface area contributed by atoms with E-state index in [4.69, 9.17) is 9.83 Å². The summed E-state index contributed by atoms with van der Waals surface area (Å²) in [5, 5.41) is 10.9. The number of hydrogen-bond donors (Lipinski definition) is 2. The number of benzene rings is 1. The molecule has 0 saturated heterocycles. The van der Waals surface area contributed by atoms with Gasteiger partial charge in [-0.1, -0.05) is 0 Å². The summed E-state index contributed by atoms with van der Waals surface area (Å²) in [6.07, 6.45) is 2.77. The van der Waals surface area contributed by atoms with Crippen LogP contribution >= 0.6 is 15.9 Å². The minimum atomic E-state index is -0.410. The number of esters is 1. The van der Waals surface area contributed by atoms with E-state index in [2.05, 4.69) is 26.0 Å². The van der Waals surface area contributed by atoms with Gasteiger partial charge >= 0.3 is 5.97 Å². The number of rotatable bonds is 5. The van der Waals surface area contributed by atoms with E-state index in [0.29, 0.717) is 32.6 Å². The van der Waals surface area contributed by atoms with E-state index >= 15 is 0 Å². The third-order valence-corrected chi connectivity index (χ3v) is 4.07. The maximum atomic E-state index is 12.6. The van der Waals surface area contributed by atoms with Crippen molar-refractivity contribution in [1.29, 1.82) is 5.41 Å². The third-order valence-electron chi connectivity index (χ3n) is 3.67. The van der Waals surface area contributed by atoms with Crippen molar-refractivity contribution in [1.82, 2.24) is 4.57 Å². The summed E-state index contributed by atoms with van der Waals surface area (Å²) in [5.41, 5.74) is 2.02. The fraction of sp³-hybridized carbons (Fsp3) is 0.118. The molecule has 8 heteroatoms. The number of carbonyl (C=O) groups is 1. The van der Waals surface area contributed by atoms with Crippen molar-refractivity contribution in [3.05, 3.63) is 57.1 Å². The molecule has 0 atom stereocenters. The minimum absolute atomic E-state index is 0.00829. The average molecular weight is 404 g/mol. The van der Waals surface area contributed by atoms with Gasteiger partial charge in [0.25, 0.3) is 5.56 Å². The van der Waals surface area contributed by atoms with E-state index in [1.54, 1.807) is 36.5 Å². The number of aromatic nitrogens is 1. The van der Waals surface area contributed by atoms with Gasteiger partial charge in [-0.05, 0) is 40.2 Å². The molecule has 0 aliphatic heterocycles. The topological polar surface area (TPSA) is 97.3 Å². The van der Waals surface area contributed by atoms with Gasteiger partial charge in [-0.15, -0.1) is 0 Å². The van der Waals surface area contributed by atoms with E-state index in [1.807, 2.05) is 0 Å². The molecule has 0 saturated carbocycles. The van der Waals surface area contributed by atoms with Crippen molar-refractivity contribution in [2.45, 2.75) is 0 Å². The van der Waals surface area contributed by atoms with Gasteiger partial charge in [0.1, 0.15) is 12.1 Å². The van der Waals surface area contributed by atoms with Crippen molar-refractivity contribution in [2.24, 2.45) is 0 Å². The fourth-order valence-electron chi connectivity index (χ4n) is 2.43. The molecule has 25 heavy (non-hydrogen) atoms. The molecule has 7 nitrogen and oxygen atoms in total. The van der Waals surface area contributed by atoms with Crippen LogP contribution in [0.15, 0.2) is 50.4 Å². The van der Waals surface area contributed by atoms with Crippen molar-refractivity contribution in [3.63, 3.8) is 0 Å². The summed E-state index contributed by atoms with van der Waals surface area (Å²) < 4.78 is 11.9. The largest absolute Gasteiger partial charge is 0.468 e. The van der Waals surface area contributed by atoms with Crippen LogP contribution in [-0.4, -0.2) is 30.4 Å². The first kappa shape index (κ1) is 17.0. The highest BCUT2D eigenvalue weighted by molar-refractivity contribution is 9.10. The van der Waals surface area contributed by atoms with Crippen LogP contribution in [0.5, 0.6) is 0 Å². The zero-order valence-electron chi connectivity index (χ0n) is 13.2. The maximum absolute atomic E-state index is 12.6. The van der Waals surface area contributed by atoms with E-state index in [0.717, 1.165) is 6.21 Å². The van der Waals surface area contributed by atoms with Gasteiger partial charge in [-0.25, -0.2) is 0 Å². The predicted molar refractivity (Wildman–Crippen MR) is 97.9 cm³/mol. The Bertz CT molecular complexity index is 1020. The van der Waals surface area contributed by atoms with Crippen LogP contribution in [0.3, 0.4) is 0 Å². The van der Waals surface area contributed by atoms with Crippen LogP contribution in [0.1, 0.15) is 5.56 Å². The lowest BCUT2D eigenvalue weighted by Crippen LogP contribution is -2.18. The summed E-state index contributed by atoms with van der Waals surface area (Å²) in [6.45, 7) is -0.00829. The van der Waals surface area contributed by atoms with Crippen molar-refractivity contribution in [3.8, 4) is 5.69 Å². The van der Waals surface area contributed by atoms with E-state index in [1.165, 1.54) is 11.7 Å². The van der Waals surface area contributed by atoms with Crippen LogP contribution < -0.4 is 10.9 Å². The first-order valence-electron chi connectivity index (χ1n) is 7.30. The Kier molecular flexibility index (Phi) is 4.71. The number of hydrogen-bond acceptors (Lipinski definition) is 6. The number of methoxy groups -OCH3 is 1. The fourth-order valence-corrected chi connectivity index (χ4v) is 2.83. The standard InChI is InChI=1S/C17H14BrN3O4/c1-24-16(22)9-20-13-3-2-11(6-10(13)8-19)21-5-4-14-12(17(21)23)7-15(18)25-14/h2-8,19-20H,9H2,1H3. The molecule has 0 aliphatic rings. The van der Waals surface area contributed by atoms with E-state index in [-0.39, 0.29) is 12.1 Å². The molecule has 0 spiro atoms. The zero-order valence-corrected chi connectivity index (χ0v) is 14.8. The van der Waals surface area contributed by atoms with Crippen LogP contribution in [0.25, 0.3) is 16.7 Å². The lowest BCUT2D eigenvalue weighted by Gasteiger charge is -2.11. The minimum Gasteiger partial charge on any atom is -0.468 e. The second kappa shape index (κ2) is 6.94. The van der Waals surface area contributed by atoms with Gasteiger partial charge < -0.3 is 19.9 Å². The number of pyridine rings is 1. The number of anilines is 1. The molecule has 0 aliphatic carbocycles. The number of ether oxygens (including phenoxy) is 1. The van der Waals surface area contributed by atoms with Gasteiger partial charge in [0, 0.05) is 35.4 Å². The number of fused-ring (bicyclic) bond motifs is 1. The van der Waals surface area contributed by atoms with Crippen molar-refractivity contribution >= 4 is 44.8 Å². The average Bonchev–Trinajstić information content (AvgIpc) is 3.01. The number of carbonyl (C=O) groups excluding carboxylic acids is 1. The Morgan fingerprint density at radius 3 is 2.92 bits per heavy atom. The van der Waals surface area contributed by atoms with Crippen LogP contribution in [0.2, 0.25) is 0 Å². The summed E-state index contributed by atoms with van der Waals surface area (Å²) in [6, 6.07) is 8.46. The van der Waals surface area contributed by atoms with Crippen LogP contribution in [0, 0.1) is 5.41 Å². The first-order chi connectivity index (χ1) is 12.0. The van der Waals surface area contributed by atoms with Crippen LogP contribution in [0.4, 0.5) is 5.69 Å². The Balaban J connectivity index is 2.01. The summed E-state index contributed by atoms with van der Waals surface area (Å²) in [4.78, 5) is 23.9.